The first-order chi connectivity index (χ1) is 16.4. The quantitative estimate of drug-likeness (QED) is 0.647. The molecule has 1 fully saturated rings. The van der Waals surface area contributed by atoms with E-state index in [-0.39, 0.29) is 23.6 Å². The van der Waals surface area contributed by atoms with Gasteiger partial charge in [0.15, 0.2) is 0 Å². The van der Waals surface area contributed by atoms with Gasteiger partial charge in [0.1, 0.15) is 11.8 Å². The first-order valence-corrected chi connectivity index (χ1v) is 12.0. The molecule has 182 valence electrons. The number of carbonyl (C=O) groups is 3. The molecule has 7 heteroatoms. The zero-order valence-corrected chi connectivity index (χ0v) is 20.5. The average Bonchev–Trinajstić information content (AvgIpc) is 2.87. The van der Waals surface area contributed by atoms with Gasteiger partial charge < -0.3 is 19.9 Å². The van der Waals surface area contributed by atoms with Gasteiger partial charge in [0.25, 0.3) is 11.8 Å². The van der Waals surface area contributed by atoms with E-state index in [1.807, 2.05) is 49.9 Å². The van der Waals surface area contributed by atoms with E-state index >= 15 is 0 Å². The number of methoxy groups -OCH3 is 1. The zero-order chi connectivity index (χ0) is 24.7. The Bertz CT molecular complexity index is 1010. The molecule has 0 aliphatic carbocycles. The highest BCUT2D eigenvalue weighted by molar-refractivity contribution is 5.98. The van der Waals surface area contributed by atoms with Crippen LogP contribution in [0.25, 0.3) is 0 Å². The fourth-order valence-electron chi connectivity index (χ4n) is 4.52. The van der Waals surface area contributed by atoms with Crippen molar-refractivity contribution in [2.75, 3.05) is 33.3 Å². The number of amides is 3. The SMILES string of the molecule is CCN(CC)C(=O)C(NC(=O)c1cccc(OC)c1)C1CCN(C(=O)c2ccccc2C)CC1. The number of carbonyl (C=O) groups excluding carboxylic acids is 3. The molecule has 34 heavy (non-hydrogen) atoms. The number of hydrogen-bond donors (Lipinski definition) is 1. The van der Waals surface area contributed by atoms with Crippen LogP contribution in [0, 0.1) is 12.8 Å². The van der Waals surface area contributed by atoms with Gasteiger partial charge in [0.05, 0.1) is 7.11 Å². The van der Waals surface area contributed by atoms with Crippen molar-refractivity contribution in [2.45, 2.75) is 39.7 Å². The molecule has 0 radical (unpaired) electrons. The maximum Gasteiger partial charge on any atom is 0.254 e. The van der Waals surface area contributed by atoms with Gasteiger partial charge >= 0.3 is 0 Å². The highest BCUT2D eigenvalue weighted by Crippen LogP contribution is 2.25. The lowest BCUT2D eigenvalue weighted by atomic mass is 9.87. The summed E-state index contributed by atoms with van der Waals surface area (Å²) in [6.07, 6.45) is 1.29. The van der Waals surface area contributed by atoms with Gasteiger partial charge in [-0.3, -0.25) is 14.4 Å². The van der Waals surface area contributed by atoms with E-state index in [0.717, 1.165) is 5.56 Å². The van der Waals surface area contributed by atoms with Crippen molar-refractivity contribution in [1.82, 2.24) is 15.1 Å². The number of piperidine rings is 1. The van der Waals surface area contributed by atoms with Crippen LogP contribution in [0.2, 0.25) is 0 Å². The molecule has 1 heterocycles. The Hall–Kier alpha value is -3.35. The Labute approximate surface area is 202 Å². The molecule has 3 rings (SSSR count). The molecule has 0 aromatic heterocycles. The van der Waals surface area contributed by atoms with Crippen LogP contribution in [-0.2, 0) is 4.79 Å². The summed E-state index contributed by atoms with van der Waals surface area (Å²) in [5.41, 5.74) is 2.11. The van der Waals surface area contributed by atoms with Gasteiger partial charge in [-0.05, 0) is 69.4 Å². The molecule has 0 spiro atoms. The number of likely N-dealkylation sites (N-methyl/N-ethyl adjacent to an activating group) is 1. The van der Waals surface area contributed by atoms with Crippen LogP contribution in [0.4, 0.5) is 0 Å². The largest absolute Gasteiger partial charge is 0.497 e. The van der Waals surface area contributed by atoms with Crippen molar-refractivity contribution in [1.29, 1.82) is 0 Å². The number of rotatable bonds is 8. The van der Waals surface area contributed by atoms with Gasteiger partial charge in [0.2, 0.25) is 5.91 Å². The topological polar surface area (TPSA) is 79.0 Å². The van der Waals surface area contributed by atoms with E-state index in [4.69, 9.17) is 4.74 Å². The number of hydrogen-bond acceptors (Lipinski definition) is 4. The van der Waals surface area contributed by atoms with Crippen LogP contribution >= 0.6 is 0 Å². The van der Waals surface area contributed by atoms with Crippen LogP contribution in [0.15, 0.2) is 48.5 Å². The first-order valence-electron chi connectivity index (χ1n) is 12.0. The number of ether oxygens (including phenoxy) is 1. The summed E-state index contributed by atoms with van der Waals surface area (Å²) in [4.78, 5) is 43.1. The predicted molar refractivity (Wildman–Crippen MR) is 132 cm³/mol. The lowest BCUT2D eigenvalue weighted by Gasteiger charge is -2.37. The van der Waals surface area contributed by atoms with Gasteiger partial charge in [-0.2, -0.15) is 0 Å². The van der Waals surface area contributed by atoms with Crippen LogP contribution in [0.1, 0.15) is 53.0 Å². The Morgan fingerprint density at radius 3 is 2.35 bits per heavy atom. The molecule has 1 unspecified atom stereocenters. The Balaban J connectivity index is 1.75. The molecule has 1 aliphatic rings. The molecule has 2 aromatic rings. The second kappa shape index (κ2) is 11.7. The first kappa shape index (κ1) is 25.3. The molecule has 1 atom stereocenters. The maximum atomic E-state index is 13.4. The molecular weight excluding hydrogens is 430 g/mol. The molecule has 2 aromatic carbocycles. The summed E-state index contributed by atoms with van der Waals surface area (Å²) in [6.45, 7) is 8.06. The van der Waals surface area contributed by atoms with E-state index < -0.39 is 6.04 Å². The molecule has 7 nitrogen and oxygen atoms in total. The summed E-state index contributed by atoms with van der Waals surface area (Å²) in [7, 11) is 1.55. The number of nitrogens with zero attached hydrogens (tertiary/aromatic N) is 2. The lowest BCUT2D eigenvalue weighted by Crippen LogP contribution is -2.54. The molecule has 0 bridgehead atoms. The second-order valence-corrected chi connectivity index (χ2v) is 8.64. The molecular formula is C27H35N3O4. The number of likely N-dealkylation sites (tertiary alicyclic amines) is 1. The lowest BCUT2D eigenvalue weighted by molar-refractivity contribution is -0.134. The van der Waals surface area contributed by atoms with Crippen molar-refractivity contribution >= 4 is 17.7 Å². The summed E-state index contributed by atoms with van der Waals surface area (Å²) >= 11 is 0. The fraction of sp³-hybridized carbons (Fsp3) is 0.444. The van der Waals surface area contributed by atoms with Crippen LogP contribution in [0.5, 0.6) is 5.75 Å². The molecule has 1 N–H and O–H groups in total. The minimum Gasteiger partial charge on any atom is -0.497 e. The fourth-order valence-corrected chi connectivity index (χ4v) is 4.52. The minimum atomic E-state index is -0.644. The molecule has 1 aliphatic heterocycles. The van der Waals surface area contributed by atoms with E-state index in [9.17, 15) is 14.4 Å². The van der Waals surface area contributed by atoms with E-state index in [0.29, 0.717) is 55.9 Å². The third-order valence-electron chi connectivity index (χ3n) is 6.63. The van der Waals surface area contributed by atoms with Crippen LogP contribution in [-0.4, -0.2) is 66.9 Å². The Morgan fingerprint density at radius 2 is 1.74 bits per heavy atom. The monoisotopic (exact) mass is 465 g/mol. The van der Waals surface area contributed by atoms with Gasteiger partial charge in [-0.1, -0.05) is 24.3 Å². The number of aryl methyl sites for hydroxylation is 1. The number of benzene rings is 2. The molecule has 0 saturated carbocycles. The van der Waals surface area contributed by atoms with E-state index in [1.165, 1.54) is 0 Å². The van der Waals surface area contributed by atoms with E-state index in [2.05, 4.69) is 5.32 Å². The summed E-state index contributed by atoms with van der Waals surface area (Å²) < 4.78 is 5.23. The van der Waals surface area contributed by atoms with Gasteiger partial charge in [-0.15, -0.1) is 0 Å². The van der Waals surface area contributed by atoms with Crippen molar-refractivity contribution in [3.05, 3.63) is 65.2 Å². The Kier molecular flexibility index (Phi) is 8.68. The number of nitrogens with one attached hydrogen (secondary N) is 1. The third kappa shape index (κ3) is 5.76. The molecule has 1 saturated heterocycles. The van der Waals surface area contributed by atoms with Crippen molar-refractivity contribution in [3.63, 3.8) is 0 Å². The zero-order valence-electron chi connectivity index (χ0n) is 20.5. The van der Waals surface area contributed by atoms with Crippen molar-refractivity contribution in [3.8, 4) is 5.75 Å². The smallest absolute Gasteiger partial charge is 0.254 e. The summed E-state index contributed by atoms with van der Waals surface area (Å²) in [5, 5.41) is 3.00. The van der Waals surface area contributed by atoms with Crippen LogP contribution < -0.4 is 10.1 Å². The molecule has 3 amide bonds. The summed E-state index contributed by atoms with van der Waals surface area (Å²) in [6, 6.07) is 13.8. The highest BCUT2D eigenvalue weighted by Gasteiger charge is 2.36. The van der Waals surface area contributed by atoms with Gasteiger partial charge in [-0.25, -0.2) is 0 Å². The third-order valence-corrected chi connectivity index (χ3v) is 6.63. The highest BCUT2D eigenvalue weighted by atomic mass is 16.5. The second-order valence-electron chi connectivity index (χ2n) is 8.64. The maximum absolute atomic E-state index is 13.4. The standard InChI is InChI=1S/C27H35N3O4/c1-5-29(6-2)27(33)24(28-25(31)21-11-9-12-22(18-21)34-4)20-14-16-30(17-15-20)26(32)23-13-8-7-10-19(23)3/h7-13,18,20,24H,5-6,14-17H2,1-4H3,(H,28,31). The Morgan fingerprint density at radius 1 is 1.06 bits per heavy atom. The van der Waals surface area contributed by atoms with Crippen molar-refractivity contribution < 1.29 is 19.1 Å². The van der Waals surface area contributed by atoms with Gasteiger partial charge in [0, 0.05) is 37.3 Å². The van der Waals surface area contributed by atoms with Crippen molar-refractivity contribution in [2.24, 2.45) is 5.92 Å². The minimum absolute atomic E-state index is 0.0172. The van der Waals surface area contributed by atoms with Crippen LogP contribution in [0.3, 0.4) is 0 Å². The van der Waals surface area contributed by atoms with E-state index in [1.54, 1.807) is 36.3 Å². The predicted octanol–water partition coefficient (Wildman–Crippen LogP) is 3.52. The average molecular weight is 466 g/mol. The summed E-state index contributed by atoms with van der Waals surface area (Å²) in [5.74, 6) is 0.169. The normalized spacial score (nSPS) is 14.9.